The maximum absolute atomic E-state index is 6.20. The van der Waals surface area contributed by atoms with Crippen LogP contribution in [0.25, 0.3) is 0 Å². The lowest BCUT2D eigenvalue weighted by Crippen LogP contribution is -2.54. The Morgan fingerprint density at radius 3 is 2.75 bits per heavy atom. The van der Waals surface area contributed by atoms with Crippen molar-refractivity contribution in [2.24, 2.45) is 21.0 Å². The summed E-state index contributed by atoms with van der Waals surface area (Å²) in [5, 5.41) is 10.8. The van der Waals surface area contributed by atoms with Crippen LogP contribution in [-0.4, -0.2) is 60.1 Å². The maximum Gasteiger partial charge on any atom is 0.229 e. The monoisotopic (exact) mass is 344 g/mol. The fourth-order valence-corrected chi connectivity index (χ4v) is 3.25. The van der Waals surface area contributed by atoms with E-state index in [2.05, 4.69) is 24.1 Å². The third-order valence-electron chi connectivity index (χ3n) is 4.50. The van der Waals surface area contributed by atoms with E-state index in [1.165, 1.54) is 0 Å². The highest BCUT2D eigenvalue weighted by Crippen LogP contribution is 2.31. The van der Waals surface area contributed by atoms with E-state index in [4.69, 9.17) is 26.7 Å². The van der Waals surface area contributed by atoms with Crippen LogP contribution in [-0.2, 0) is 0 Å². The minimum Gasteiger partial charge on any atom is -0.338 e. The Bertz CT molecular complexity index is 745. The average molecular weight is 345 g/mol. The van der Waals surface area contributed by atoms with Crippen LogP contribution in [0.3, 0.4) is 0 Å². The van der Waals surface area contributed by atoms with Crippen molar-refractivity contribution >= 4 is 34.8 Å². The van der Waals surface area contributed by atoms with Crippen molar-refractivity contribution in [2.75, 3.05) is 32.7 Å². The zero-order valence-electron chi connectivity index (χ0n) is 14.0. The highest BCUT2D eigenvalue weighted by molar-refractivity contribution is 6.31. The van der Waals surface area contributed by atoms with E-state index in [9.17, 15) is 0 Å². The van der Waals surface area contributed by atoms with Crippen LogP contribution in [0.2, 0.25) is 5.02 Å². The third-order valence-corrected chi connectivity index (χ3v) is 4.73. The fraction of sp³-hybridized carbons (Fsp3) is 0.471. The van der Waals surface area contributed by atoms with Crippen molar-refractivity contribution in [2.45, 2.75) is 13.8 Å². The second-order valence-corrected chi connectivity index (χ2v) is 6.94. The molecule has 1 aromatic carbocycles. The minimum atomic E-state index is 0.361. The average Bonchev–Trinajstić information content (AvgIpc) is 2.61. The summed E-state index contributed by atoms with van der Waals surface area (Å²) in [4.78, 5) is 12.0. The van der Waals surface area contributed by atoms with Gasteiger partial charge in [-0.25, -0.2) is 4.99 Å². The van der Waals surface area contributed by atoms with Crippen LogP contribution in [0, 0.1) is 5.92 Å². The predicted molar refractivity (Wildman–Crippen MR) is 98.5 cm³/mol. The van der Waals surface area contributed by atoms with Crippen molar-refractivity contribution in [1.82, 2.24) is 15.2 Å². The molecule has 1 fully saturated rings. The number of hydrogen-bond donors (Lipinski definition) is 1. The van der Waals surface area contributed by atoms with E-state index in [-0.39, 0.29) is 0 Å². The van der Waals surface area contributed by atoms with Crippen molar-refractivity contribution < 1.29 is 0 Å². The number of rotatable bonds is 1. The van der Waals surface area contributed by atoms with Crippen molar-refractivity contribution in [1.29, 1.82) is 0 Å². The SMILES string of the molecule is CC(C)C1=NN2C(=NC1)c1cc(Cl)ccc1N=C2N1CCNCC1. The Balaban J connectivity index is 1.81. The van der Waals surface area contributed by atoms with Crippen molar-refractivity contribution in [3.8, 4) is 0 Å². The van der Waals surface area contributed by atoms with E-state index in [0.717, 1.165) is 54.9 Å². The number of nitrogens with zero attached hydrogens (tertiary/aromatic N) is 5. The summed E-state index contributed by atoms with van der Waals surface area (Å²) in [6.07, 6.45) is 0. The molecule has 0 atom stereocenters. The van der Waals surface area contributed by atoms with E-state index >= 15 is 0 Å². The van der Waals surface area contributed by atoms with E-state index in [1.54, 1.807) is 0 Å². The first-order valence-electron chi connectivity index (χ1n) is 8.39. The number of hydrogen-bond acceptors (Lipinski definition) is 6. The quantitative estimate of drug-likeness (QED) is 0.850. The lowest BCUT2D eigenvalue weighted by atomic mass is 10.1. The number of halogens is 1. The van der Waals surface area contributed by atoms with E-state index < -0.39 is 0 Å². The normalized spacial score (nSPS) is 20.2. The zero-order valence-corrected chi connectivity index (χ0v) is 14.7. The summed E-state index contributed by atoms with van der Waals surface area (Å²) in [5.74, 6) is 2.07. The molecular formula is C17H21ClN6. The van der Waals surface area contributed by atoms with Gasteiger partial charge in [-0.15, -0.1) is 0 Å². The molecule has 1 saturated heterocycles. The topological polar surface area (TPSA) is 55.6 Å². The summed E-state index contributed by atoms with van der Waals surface area (Å²) in [6, 6.07) is 5.76. The summed E-state index contributed by atoms with van der Waals surface area (Å²) >= 11 is 6.20. The molecule has 0 unspecified atom stereocenters. The number of amidine groups is 1. The smallest absolute Gasteiger partial charge is 0.229 e. The molecule has 0 aromatic heterocycles. The summed E-state index contributed by atoms with van der Waals surface area (Å²) in [7, 11) is 0. The first-order valence-corrected chi connectivity index (χ1v) is 8.77. The molecule has 1 N–H and O–H groups in total. The van der Waals surface area contributed by atoms with Gasteiger partial charge in [0.2, 0.25) is 5.96 Å². The second kappa shape index (κ2) is 6.18. The van der Waals surface area contributed by atoms with Gasteiger partial charge in [-0.05, 0) is 24.1 Å². The summed E-state index contributed by atoms with van der Waals surface area (Å²) < 4.78 is 0. The number of guanidine groups is 1. The number of fused-ring (bicyclic) bond motifs is 3. The lowest BCUT2D eigenvalue weighted by molar-refractivity contribution is 0.325. The van der Waals surface area contributed by atoms with Crippen molar-refractivity contribution in [3.63, 3.8) is 0 Å². The van der Waals surface area contributed by atoms with Gasteiger partial charge >= 0.3 is 0 Å². The molecule has 24 heavy (non-hydrogen) atoms. The van der Waals surface area contributed by atoms with Gasteiger partial charge in [0.05, 0.1) is 17.9 Å². The first kappa shape index (κ1) is 15.6. The van der Waals surface area contributed by atoms with Gasteiger partial charge in [0.1, 0.15) is 0 Å². The van der Waals surface area contributed by atoms with Crippen LogP contribution >= 0.6 is 11.6 Å². The van der Waals surface area contributed by atoms with Gasteiger partial charge in [-0.2, -0.15) is 10.1 Å². The Labute approximate surface area is 146 Å². The molecule has 0 aliphatic carbocycles. The fourth-order valence-electron chi connectivity index (χ4n) is 3.08. The number of hydrazone groups is 1. The highest BCUT2D eigenvalue weighted by atomic mass is 35.5. The number of aliphatic imine (C=N–C) groups is 2. The highest BCUT2D eigenvalue weighted by Gasteiger charge is 2.33. The molecule has 6 nitrogen and oxygen atoms in total. The van der Waals surface area contributed by atoms with Gasteiger partial charge in [0.15, 0.2) is 5.84 Å². The molecule has 0 bridgehead atoms. The van der Waals surface area contributed by atoms with Gasteiger partial charge in [-0.1, -0.05) is 25.4 Å². The Hall–Kier alpha value is -1.92. The molecule has 3 aliphatic heterocycles. The number of benzene rings is 1. The van der Waals surface area contributed by atoms with Gasteiger partial charge in [0.25, 0.3) is 0 Å². The van der Waals surface area contributed by atoms with Crippen LogP contribution in [0.1, 0.15) is 19.4 Å². The molecule has 0 radical (unpaired) electrons. The zero-order chi connectivity index (χ0) is 16.7. The molecular weight excluding hydrogens is 324 g/mol. The van der Waals surface area contributed by atoms with Gasteiger partial charge in [-0.3, -0.25) is 4.99 Å². The van der Waals surface area contributed by atoms with Crippen LogP contribution in [0.4, 0.5) is 5.69 Å². The lowest BCUT2D eigenvalue weighted by Gasteiger charge is -2.38. The first-order chi connectivity index (χ1) is 11.6. The third kappa shape index (κ3) is 2.70. The van der Waals surface area contributed by atoms with Crippen LogP contribution < -0.4 is 5.32 Å². The Morgan fingerprint density at radius 2 is 2.00 bits per heavy atom. The molecule has 0 saturated carbocycles. The molecule has 126 valence electrons. The molecule has 0 spiro atoms. The largest absolute Gasteiger partial charge is 0.338 e. The maximum atomic E-state index is 6.20. The molecule has 0 amide bonds. The number of nitrogens with one attached hydrogen (secondary N) is 1. The summed E-state index contributed by atoms with van der Waals surface area (Å²) in [6.45, 7) is 8.66. The number of piperazine rings is 1. The summed E-state index contributed by atoms with van der Waals surface area (Å²) in [5.41, 5.74) is 2.94. The second-order valence-electron chi connectivity index (χ2n) is 6.51. The minimum absolute atomic E-state index is 0.361. The van der Waals surface area contributed by atoms with Crippen LogP contribution in [0.15, 0.2) is 33.3 Å². The van der Waals surface area contributed by atoms with Crippen molar-refractivity contribution in [3.05, 3.63) is 28.8 Å². The Morgan fingerprint density at radius 1 is 1.21 bits per heavy atom. The molecule has 7 heteroatoms. The molecule has 3 aliphatic rings. The predicted octanol–water partition coefficient (Wildman–Crippen LogP) is 2.32. The van der Waals surface area contributed by atoms with Gasteiger partial charge in [0, 0.05) is 36.8 Å². The van der Waals surface area contributed by atoms with E-state index in [0.29, 0.717) is 17.5 Å². The molecule has 1 aromatic rings. The Kier molecular flexibility index (Phi) is 4.02. The molecule has 3 heterocycles. The molecule has 4 rings (SSSR count). The van der Waals surface area contributed by atoms with Gasteiger partial charge < -0.3 is 10.2 Å². The standard InChI is InChI=1S/C17H21ClN6/c1-11(2)15-10-20-16-13-9-12(18)3-4-14(13)21-17(24(16)22-15)23-7-5-19-6-8-23/h3-4,9,11,19H,5-8,10H2,1-2H3. The van der Waals surface area contributed by atoms with Crippen LogP contribution in [0.5, 0.6) is 0 Å². The van der Waals surface area contributed by atoms with E-state index in [1.807, 2.05) is 23.2 Å².